The fourth-order valence-corrected chi connectivity index (χ4v) is 3.19. The first-order valence-electron chi connectivity index (χ1n) is 7.63. The van der Waals surface area contributed by atoms with Gasteiger partial charge in [-0.2, -0.15) is 0 Å². The number of rotatable bonds is 5. The molecule has 0 radical (unpaired) electrons. The third kappa shape index (κ3) is 3.73. The minimum atomic E-state index is 0.414. The van der Waals surface area contributed by atoms with E-state index < -0.39 is 0 Å². The van der Waals surface area contributed by atoms with E-state index in [0.29, 0.717) is 5.41 Å². The van der Waals surface area contributed by atoms with Gasteiger partial charge >= 0.3 is 0 Å². The quantitative estimate of drug-likeness (QED) is 0.874. The number of hydrogen-bond donors (Lipinski definition) is 1. The van der Waals surface area contributed by atoms with E-state index >= 15 is 0 Å². The molecule has 19 heavy (non-hydrogen) atoms. The van der Waals surface area contributed by atoms with Crippen LogP contribution in [0, 0.1) is 12.3 Å². The van der Waals surface area contributed by atoms with Crippen LogP contribution in [0.2, 0.25) is 0 Å². The van der Waals surface area contributed by atoms with Crippen molar-refractivity contribution in [3.63, 3.8) is 0 Å². The van der Waals surface area contributed by atoms with Gasteiger partial charge in [0.1, 0.15) is 0 Å². The Bertz CT molecular complexity index is 377. The molecule has 0 heterocycles. The van der Waals surface area contributed by atoms with Crippen LogP contribution < -0.4 is 10.6 Å². The Morgan fingerprint density at radius 3 is 2.32 bits per heavy atom. The van der Waals surface area contributed by atoms with Crippen LogP contribution in [0.1, 0.15) is 44.1 Å². The van der Waals surface area contributed by atoms with Gasteiger partial charge in [-0.05, 0) is 50.3 Å². The highest BCUT2D eigenvalue weighted by atomic mass is 15.1. The SMILES string of the molecule is Cc1ccc(N(C)CCC2(CN)CCCCC2)cc1. The number of anilines is 1. The van der Waals surface area contributed by atoms with Gasteiger partial charge in [0.25, 0.3) is 0 Å². The van der Waals surface area contributed by atoms with Crippen molar-refractivity contribution in [1.82, 2.24) is 0 Å². The lowest BCUT2D eigenvalue weighted by molar-refractivity contribution is 0.185. The summed E-state index contributed by atoms with van der Waals surface area (Å²) in [4.78, 5) is 2.37. The summed E-state index contributed by atoms with van der Waals surface area (Å²) in [5.41, 5.74) is 9.11. The lowest BCUT2D eigenvalue weighted by Crippen LogP contribution is -2.36. The number of nitrogens with zero attached hydrogens (tertiary/aromatic N) is 1. The maximum atomic E-state index is 6.06. The molecule has 0 unspecified atom stereocenters. The van der Waals surface area contributed by atoms with Gasteiger partial charge in [-0.1, -0.05) is 37.0 Å². The van der Waals surface area contributed by atoms with Crippen molar-refractivity contribution in [2.24, 2.45) is 11.1 Å². The molecule has 1 aromatic carbocycles. The van der Waals surface area contributed by atoms with Crippen molar-refractivity contribution in [3.8, 4) is 0 Å². The van der Waals surface area contributed by atoms with Gasteiger partial charge in [-0.15, -0.1) is 0 Å². The predicted octanol–water partition coefficient (Wildman–Crippen LogP) is 3.73. The summed E-state index contributed by atoms with van der Waals surface area (Å²) >= 11 is 0. The van der Waals surface area contributed by atoms with Gasteiger partial charge in [0.05, 0.1) is 0 Å². The Morgan fingerprint density at radius 2 is 1.74 bits per heavy atom. The molecule has 1 saturated carbocycles. The first-order valence-corrected chi connectivity index (χ1v) is 7.63. The van der Waals surface area contributed by atoms with E-state index in [1.54, 1.807) is 0 Å². The molecule has 0 saturated heterocycles. The predicted molar refractivity (Wildman–Crippen MR) is 83.6 cm³/mol. The highest BCUT2D eigenvalue weighted by molar-refractivity contribution is 5.46. The molecule has 0 aliphatic heterocycles. The molecule has 2 nitrogen and oxygen atoms in total. The van der Waals surface area contributed by atoms with E-state index in [9.17, 15) is 0 Å². The minimum absolute atomic E-state index is 0.414. The summed E-state index contributed by atoms with van der Waals surface area (Å²) in [7, 11) is 2.19. The minimum Gasteiger partial charge on any atom is -0.375 e. The van der Waals surface area contributed by atoms with Gasteiger partial charge < -0.3 is 10.6 Å². The van der Waals surface area contributed by atoms with Crippen LogP contribution in [0.25, 0.3) is 0 Å². The maximum absolute atomic E-state index is 6.06. The van der Waals surface area contributed by atoms with Crippen LogP contribution in [0.4, 0.5) is 5.69 Å². The summed E-state index contributed by atoms with van der Waals surface area (Å²) in [5, 5.41) is 0. The van der Waals surface area contributed by atoms with Crippen molar-refractivity contribution < 1.29 is 0 Å². The normalized spacial score (nSPS) is 18.3. The Hall–Kier alpha value is -1.02. The topological polar surface area (TPSA) is 29.3 Å². The van der Waals surface area contributed by atoms with E-state index in [4.69, 9.17) is 5.73 Å². The molecule has 2 heteroatoms. The van der Waals surface area contributed by atoms with E-state index in [-0.39, 0.29) is 0 Å². The highest BCUT2D eigenvalue weighted by Gasteiger charge is 2.30. The monoisotopic (exact) mass is 260 g/mol. The summed E-state index contributed by atoms with van der Waals surface area (Å²) in [5.74, 6) is 0. The summed E-state index contributed by atoms with van der Waals surface area (Å²) in [6, 6.07) is 8.80. The van der Waals surface area contributed by atoms with Crippen LogP contribution in [0.5, 0.6) is 0 Å². The van der Waals surface area contributed by atoms with Crippen molar-refractivity contribution in [3.05, 3.63) is 29.8 Å². The smallest absolute Gasteiger partial charge is 0.0363 e. The fraction of sp³-hybridized carbons (Fsp3) is 0.647. The molecule has 106 valence electrons. The van der Waals surface area contributed by atoms with Gasteiger partial charge in [0.15, 0.2) is 0 Å². The molecule has 1 aliphatic carbocycles. The van der Waals surface area contributed by atoms with Crippen molar-refractivity contribution in [2.75, 3.05) is 25.0 Å². The lowest BCUT2D eigenvalue weighted by atomic mass is 9.72. The van der Waals surface area contributed by atoms with E-state index in [1.807, 2.05) is 0 Å². The largest absolute Gasteiger partial charge is 0.375 e. The average Bonchev–Trinajstić information content (AvgIpc) is 2.46. The number of aryl methyl sites for hydroxylation is 1. The number of nitrogens with two attached hydrogens (primary N) is 1. The summed E-state index contributed by atoms with van der Waals surface area (Å²) in [6.07, 6.45) is 8.01. The molecule has 0 aromatic heterocycles. The molecule has 1 fully saturated rings. The summed E-state index contributed by atoms with van der Waals surface area (Å²) in [6.45, 7) is 4.10. The van der Waals surface area contributed by atoms with Crippen LogP contribution >= 0.6 is 0 Å². The van der Waals surface area contributed by atoms with Gasteiger partial charge in [0.2, 0.25) is 0 Å². The van der Waals surface area contributed by atoms with Crippen molar-refractivity contribution in [1.29, 1.82) is 0 Å². The van der Waals surface area contributed by atoms with Gasteiger partial charge in [-0.3, -0.25) is 0 Å². The molecular formula is C17H28N2. The summed E-state index contributed by atoms with van der Waals surface area (Å²) < 4.78 is 0. The number of hydrogen-bond acceptors (Lipinski definition) is 2. The first kappa shape index (κ1) is 14.4. The zero-order valence-electron chi connectivity index (χ0n) is 12.5. The lowest BCUT2D eigenvalue weighted by Gasteiger charge is -2.37. The van der Waals surface area contributed by atoms with Gasteiger partial charge in [0, 0.05) is 19.3 Å². The van der Waals surface area contributed by atoms with Crippen molar-refractivity contribution in [2.45, 2.75) is 45.4 Å². The molecule has 1 aromatic rings. The van der Waals surface area contributed by atoms with Crippen LogP contribution in [0.15, 0.2) is 24.3 Å². The third-order valence-electron chi connectivity index (χ3n) is 4.80. The second kappa shape index (κ2) is 6.42. The molecule has 0 atom stereocenters. The molecule has 0 amide bonds. The van der Waals surface area contributed by atoms with E-state index in [0.717, 1.165) is 13.1 Å². The zero-order chi connectivity index (χ0) is 13.7. The number of benzene rings is 1. The van der Waals surface area contributed by atoms with Crippen LogP contribution in [-0.4, -0.2) is 20.1 Å². The zero-order valence-corrected chi connectivity index (χ0v) is 12.5. The molecule has 0 spiro atoms. The Balaban J connectivity index is 1.91. The molecule has 2 rings (SSSR count). The molecule has 0 bridgehead atoms. The van der Waals surface area contributed by atoms with Crippen LogP contribution in [-0.2, 0) is 0 Å². The average molecular weight is 260 g/mol. The molecule has 1 aliphatic rings. The van der Waals surface area contributed by atoms with Crippen LogP contribution in [0.3, 0.4) is 0 Å². The standard InChI is InChI=1S/C17H28N2/c1-15-6-8-16(9-7-15)19(2)13-12-17(14-18)10-4-3-5-11-17/h6-9H,3-5,10-14,18H2,1-2H3. The Kier molecular flexibility index (Phi) is 4.87. The second-order valence-corrected chi connectivity index (χ2v) is 6.27. The van der Waals surface area contributed by atoms with Crippen molar-refractivity contribution >= 4 is 5.69 Å². The molecule has 2 N–H and O–H groups in total. The fourth-order valence-electron chi connectivity index (χ4n) is 3.19. The third-order valence-corrected chi connectivity index (χ3v) is 4.80. The Labute approximate surface area is 118 Å². The molecular weight excluding hydrogens is 232 g/mol. The maximum Gasteiger partial charge on any atom is 0.0363 e. The first-order chi connectivity index (χ1) is 9.15. The van der Waals surface area contributed by atoms with Gasteiger partial charge in [-0.25, -0.2) is 0 Å². The van der Waals surface area contributed by atoms with E-state index in [2.05, 4.69) is 43.1 Å². The highest BCUT2D eigenvalue weighted by Crippen LogP contribution is 2.38. The Morgan fingerprint density at radius 1 is 1.11 bits per heavy atom. The second-order valence-electron chi connectivity index (χ2n) is 6.27. The van der Waals surface area contributed by atoms with E-state index in [1.165, 1.54) is 49.8 Å².